The van der Waals surface area contributed by atoms with Gasteiger partial charge in [0.1, 0.15) is 0 Å². The fourth-order valence-electron chi connectivity index (χ4n) is 3.49. The van der Waals surface area contributed by atoms with Gasteiger partial charge in [-0.1, -0.05) is 24.3 Å². The number of rotatable bonds is 3. The summed E-state index contributed by atoms with van der Waals surface area (Å²) in [5.41, 5.74) is 2.62. The Morgan fingerprint density at radius 1 is 1.38 bits per heavy atom. The van der Waals surface area contributed by atoms with Crippen LogP contribution >= 0.6 is 0 Å². The van der Waals surface area contributed by atoms with E-state index in [0.717, 1.165) is 39.1 Å². The molecule has 1 fully saturated rings. The minimum atomic E-state index is -0.0683. The molecule has 2 aliphatic rings. The minimum Gasteiger partial charge on any atom is -0.384 e. The van der Waals surface area contributed by atoms with E-state index in [2.05, 4.69) is 29.6 Å². The van der Waals surface area contributed by atoms with Gasteiger partial charge in [-0.25, -0.2) is 0 Å². The van der Waals surface area contributed by atoms with Crippen LogP contribution in [-0.4, -0.2) is 43.7 Å². The molecule has 3 rings (SSSR count). The van der Waals surface area contributed by atoms with Crippen LogP contribution in [0, 0.1) is 5.92 Å². The molecule has 0 aliphatic carbocycles. The first-order valence-corrected chi connectivity index (χ1v) is 7.86. The normalized spacial score (nSPS) is 25.5. The number of piperidine rings is 1. The van der Waals surface area contributed by atoms with Crippen molar-refractivity contribution >= 4 is 5.91 Å². The number of benzene rings is 1. The second-order valence-corrected chi connectivity index (χ2v) is 6.15. The van der Waals surface area contributed by atoms with E-state index < -0.39 is 0 Å². The van der Waals surface area contributed by atoms with Gasteiger partial charge in [0.05, 0.1) is 12.6 Å². The van der Waals surface area contributed by atoms with E-state index in [-0.39, 0.29) is 11.9 Å². The maximum atomic E-state index is 12.7. The molecule has 1 unspecified atom stereocenters. The van der Waals surface area contributed by atoms with Crippen LogP contribution in [0.1, 0.15) is 24.0 Å². The van der Waals surface area contributed by atoms with Crippen molar-refractivity contribution in [3.8, 4) is 0 Å². The van der Waals surface area contributed by atoms with Crippen LogP contribution in [0.2, 0.25) is 0 Å². The number of likely N-dealkylation sites (tertiary alicyclic amines) is 1. The molecular weight excluding hydrogens is 264 g/mol. The van der Waals surface area contributed by atoms with Crippen LogP contribution in [0.15, 0.2) is 24.3 Å². The van der Waals surface area contributed by atoms with Crippen LogP contribution < -0.4 is 5.32 Å². The van der Waals surface area contributed by atoms with Gasteiger partial charge < -0.3 is 15.0 Å². The van der Waals surface area contributed by atoms with Gasteiger partial charge in [-0.3, -0.25) is 4.79 Å². The van der Waals surface area contributed by atoms with E-state index in [0.29, 0.717) is 5.92 Å². The molecule has 1 aromatic rings. The van der Waals surface area contributed by atoms with E-state index in [1.54, 1.807) is 7.11 Å². The molecule has 1 amide bonds. The second kappa shape index (κ2) is 6.58. The second-order valence-electron chi connectivity index (χ2n) is 6.15. The lowest BCUT2D eigenvalue weighted by Gasteiger charge is -2.36. The third-order valence-corrected chi connectivity index (χ3v) is 4.61. The van der Waals surface area contributed by atoms with E-state index in [1.807, 2.05) is 4.90 Å². The summed E-state index contributed by atoms with van der Waals surface area (Å²) >= 11 is 0. The number of amides is 1. The highest BCUT2D eigenvalue weighted by Crippen LogP contribution is 2.21. The molecule has 4 heteroatoms. The van der Waals surface area contributed by atoms with Crippen molar-refractivity contribution in [1.82, 2.24) is 10.2 Å². The third-order valence-electron chi connectivity index (χ3n) is 4.61. The fraction of sp³-hybridized carbons (Fsp3) is 0.588. The first kappa shape index (κ1) is 14.5. The summed E-state index contributed by atoms with van der Waals surface area (Å²) in [6, 6.07) is 8.32. The molecule has 1 aromatic carbocycles. The van der Waals surface area contributed by atoms with Crippen molar-refractivity contribution in [2.45, 2.75) is 31.8 Å². The number of carbonyl (C=O) groups excluding carboxylic acids is 1. The maximum absolute atomic E-state index is 12.7. The van der Waals surface area contributed by atoms with Gasteiger partial charge in [0, 0.05) is 26.7 Å². The molecule has 1 saturated heterocycles. The monoisotopic (exact) mass is 288 g/mol. The summed E-state index contributed by atoms with van der Waals surface area (Å²) in [5, 5.41) is 3.40. The van der Waals surface area contributed by atoms with Crippen molar-refractivity contribution in [3.63, 3.8) is 0 Å². The molecule has 4 nitrogen and oxygen atoms in total. The topological polar surface area (TPSA) is 41.6 Å². The van der Waals surface area contributed by atoms with Crippen molar-refractivity contribution in [2.24, 2.45) is 5.92 Å². The van der Waals surface area contributed by atoms with Crippen molar-refractivity contribution < 1.29 is 9.53 Å². The van der Waals surface area contributed by atoms with Crippen LogP contribution in [0.3, 0.4) is 0 Å². The lowest BCUT2D eigenvalue weighted by molar-refractivity contribution is -0.135. The van der Waals surface area contributed by atoms with Gasteiger partial charge in [-0.15, -0.1) is 0 Å². The first-order chi connectivity index (χ1) is 10.3. The van der Waals surface area contributed by atoms with Gasteiger partial charge >= 0.3 is 0 Å². The fourth-order valence-corrected chi connectivity index (χ4v) is 3.49. The quantitative estimate of drug-likeness (QED) is 0.918. The lowest BCUT2D eigenvalue weighted by atomic mass is 9.93. The van der Waals surface area contributed by atoms with Gasteiger partial charge in [0.2, 0.25) is 5.91 Å². The van der Waals surface area contributed by atoms with Crippen LogP contribution in [0.25, 0.3) is 0 Å². The number of ether oxygens (including phenoxy) is 1. The van der Waals surface area contributed by atoms with Gasteiger partial charge in [-0.2, -0.15) is 0 Å². The van der Waals surface area contributed by atoms with Gasteiger partial charge in [0.25, 0.3) is 0 Å². The highest BCUT2D eigenvalue weighted by atomic mass is 16.5. The minimum absolute atomic E-state index is 0.0683. The average molecular weight is 288 g/mol. The predicted molar refractivity (Wildman–Crippen MR) is 82.0 cm³/mol. The lowest BCUT2D eigenvalue weighted by Crippen LogP contribution is -2.52. The summed E-state index contributed by atoms with van der Waals surface area (Å²) < 4.78 is 5.25. The van der Waals surface area contributed by atoms with Crippen molar-refractivity contribution in [1.29, 1.82) is 0 Å². The average Bonchev–Trinajstić information content (AvgIpc) is 2.54. The Labute approximate surface area is 126 Å². The molecule has 0 radical (unpaired) electrons. The molecule has 1 N–H and O–H groups in total. The SMILES string of the molecule is COCC1CCCN(C(=O)[C@@H]2Cc3ccccc3CN2)C1. The number of carbonyl (C=O) groups is 1. The Morgan fingerprint density at radius 2 is 2.19 bits per heavy atom. The number of hydrogen-bond acceptors (Lipinski definition) is 3. The highest BCUT2D eigenvalue weighted by Gasteiger charge is 2.30. The number of hydrogen-bond donors (Lipinski definition) is 1. The summed E-state index contributed by atoms with van der Waals surface area (Å²) in [6.07, 6.45) is 3.06. The molecule has 2 aliphatic heterocycles. The molecule has 0 saturated carbocycles. The Bertz CT molecular complexity index is 501. The number of methoxy groups -OCH3 is 1. The molecular formula is C17H24N2O2. The zero-order valence-corrected chi connectivity index (χ0v) is 12.7. The van der Waals surface area contributed by atoms with Crippen molar-refractivity contribution in [2.75, 3.05) is 26.8 Å². The van der Waals surface area contributed by atoms with Gasteiger partial charge in [0.15, 0.2) is 0 Å². The van der Waals surface area contributed by atoms with Crippen LogP contribution in [0.4, 0.5) is 0 Å². The summed E-state index contributed by atoms with van der Waals surface area (Å²) in [5.74, 6) is 0.744. The molecule has 114 valence electrons. The Balaban J connectivity index is 1.63. The number of fused-ring (bicyclic) bond motifs is 1. The standard InChI is InChI=1S/C17H24N2O2/c1-21-12-13-5-4-8-19(11-13)17(20)16-9-14-6-2-3-7-15(14)10-18-16/h2-3,6-7,13,16,18H,4-5,8-12H2,1H3/t13?,16-/m0/s1. The van der Waals surface area contributed by atoms with Crippen molar-refractivity contribution in [3.05, 3.63) is 35.4 Å². The molecule has 2 heterocycles. The molecule has 21 heavy (non-hydrogen) atoms. The molecule has 0 aromatic heterocycles. The maximum Gasteiger partial charge on any atom is 0.240 e. The number of nitrogens with zero attached hydrogens (tertiary/aromatic N) is 1. The largest absolute Gasteiger partial charge is 0.384 e. The van der Waals surface area contributed by atoms with Crippen LogP contribution in [0.5, 0.6) is 0 Å². The molecule has 0 spiro atoms. The predicted octanol–water partition coefficient (Wildman–Crippen LogP) is 1.59. The van der Waals surface area contributed by atoms with E-state index in [9.17, 15) is 4.79 Å². The zero-order valence-electron chi connectivity index (χ0n) is 12.7. The summed E-state index contributed by atoms with van der Waals surface area (Å²) in [6.45, 7) is 3.28. The Hall–Kier alpha value is -1.39. The Morgan fingerprint density at radius 3 is 3.00 bits per heavy atom. The molecule has 2 atom stereocenters. The van der Waals surface area contributed by atoms with E-state index >= 15 is 0 Å². The van der Waals surface area contributed by atoms with Gasteiger partial charge in [-0.05, 0) is 36.3 Å². The zero-order chi connectivity index (χ0) is 14.7. The molecule has 0 bridgehead atoms. The third kappa shape index (κ3) is 3.27. The Kier molecular flexibility index (Phi) is 4.56. The van der Waals surface area contributed by atoms with E-state index in [4.69, 9.17) is 4.74 Å². The summed E-state index contributed by atoms with van der Waals surface area (Å²) in [4.78, 5) is 14.8. The first-order valence-electron chi connectivity index (χ1n) is 7.86. The summed E-state index contributed by atoms with van der Waals surface area (Å²) in [7, 11) is 1.74. The van der Waals surface area contributed by atoms with E-state index in [1.165, 1.54) is 17.5 Å². The number of nitrogens with one attached hydrogen (secondary N) is 1. The smallest absolute Gasteiger partial charge is 0.240 e. The highest BCUT2D eigenvalue weighted by molar-refractivity contribution is 5.82. The van der Waals surface area contributed by atoms with Crippen LogP contribution in [-0.2, 0) is 22.5 Å².